The second-order valence-corrected chi connectivity index (χ2v) is 8.23. The van der Waals surface area contributed by atoms with E-state index in [2.05, 4.69) is 17.2 Å². The van der Waals surface area contributed by atoms with Gasteiger partial charge < -0.3 is 4.74 Å². The number of aryl methyl sites for hydroxylation is 2. The van der Waals surface area contributed by atoms with Crippen LogP contribution in [0, 0.1) is 0 Å². The molecule has 2 heterocycles. The molecule has 0 fully saturated rings. The lowest BCUT2D eigenvalue weighted by Crippen LogP contribution is -2.15. The molecular formula is C26H28N2O3. The molecule has 0 radical (unpaired) electrons. The largest absolute Gasteiger partial charge is 0.489 e. The number of rotatable bonds is 8. The zero-order chi connectivity index (χ0) is 22.0. The van der Waals surface area contributed by atoms with Crippen LogP contribution in [-0.2, 0) is 13.5 Å². The molecule has 0 spiro atoms. The van der Waals surface area contributed by atoms with Crippen LogP contribution in [0.4, 0.5) is 0 Å². The minimum atomic E-state index is -0.100. The van der Waals surface area contributed by atoms with E-state index in [1.54, 1.807) is 10.7 Å². The van der Waals surface area contributed by atoms with E-state index in [4.69, 9.17) is 4.74 Å². The summed E-state index contributed by atoms with van der Waals surface area (Å²) in [5, 5.41) is 4.18. The number of aromatic nitrogens is 2. The minimum absolute atomic E-state index is 0.00201. The van der Waals surface area contributed by atoms with Crippen LogP contribution in [-0.4, -0.2) is 27.5 Å². The highest BCUT2D eigenvalue weighted by molar-refractivity contribution is 6.04. The first-order valence-electron chi connectivity index (χ1n) is 10.9. The zero-order valence-corrected chi connectivity index (χ0v) is 18.3. The molecule has 0 saturated carbocycles. The smallest absolute Gasteiger partial charge is 0.166 e. The van der Waals surface area contributed by atoms with E-state index in [9.17, 15) is 9.59 Å². The second kappa shape index (κ2) is 8.88. The van der Waals surface area contributed by atoms with Crippen LogP contribution in [0.5, 0.6) is 5.75 Å². The number of fused-ring (bicyclic) bond motifs is 1. The Kier molecular flexibility index (Phi) is 6.03. The maximum atomic E-state index is 13.1. The van der Waals surface area contributed by atoms with Crippen molar-refractivity contribution in [2.75, 3.05) is 0 Å². The number of ether oxygens (including phenoxy) is 1. The molecule has 31 heavy (non-hydrogen) atoms. The van der Waals surface area contributed by atoms with Crippen molar-refractivity contribution < 1.29 is 14.3 Å². The van der Waals surface area contributed by atoms with Gasteiger partial charge >= 0.3 is 0 Å². The van der Waals surface area contributed by atoms with Crippen molar-refractivity contribution in [2.45, 2.75) is 51.6 Å². The standard InChI is InChI=1S/C26H28N2O3/c1-4-23(29)21-13-20(24(30)12-8-9-18-15-27-28(3)16-18)14-22-25(17(2)31-26(21)22)19-10-6-5-7-11-19/h5-7,10-11,13-17,25H,4,8-9,12H2,1-3H3/t17-,25+/m1/s1. The molecular weight excluding hydrogens is 388 g/mol. The predicted octanol–water partition coefficient (Wildman–Crippen LogP) is 5.13. The van der Waals surface area contributed by atoms with Gasteiger partial charge in [-0.2, -0.15) is 5.10 Å². The van der Waals surface area contributed by atoms with Crippen LogP contribution < -0.4 is 4.74 Å². The van der Waals surface area contributed by atoms with Crippen molar-refractivity contribution in [1.29, 1.82) is 0 Å². The molecule has 3 aromatic rings. The lowest BCUT2D eigenvalue weighted by atomic mass is 9.85. The molecule has 2 aromatic carbocycles. The van der Waals surface area contributed by atoms with Gasteiger partial charge in [0, 0.05) is 43.1 Å². The first-order valence-corrected chi connectivity index (χ1v) is 10.9. The summed E-state index contributed by atoms with van der Waals surface area (Å²) in [7, 11) is 1.89. The normalized spacial score (nSPS) is 17.3. The topological polar surface area (TPSA) is 61.2 Å². The molecule has 160 valence electrons. The maximum Gasteiger partial charge on any atom is 0.166 e. The van der Waals surface area contributed by atoms with Gasteiger partial charge in [0.15, 0.2) is 11.6 Å². The fourth-order valence-corrected chi connectivity index (χ4v) is 4.39. The lowest BCUT2D eigenvalue weighted by molar-refractivity contribution is 0.0980. The Morgan fingerprint density at radius 2 is 1.90 bits per heavy atom. The van der Waals surface area contributed by atoms with E-state index in [1.807, 2.05) is 57.6 Å². The van der Waals surface area contributed by atoms with Gasteiger partial charge in [0.05, 0.1) is 11.8 Å². The quantitative estimate of drug-likeness (QED) is 0.478. The van der Waals surface area contributed by atoms with Crippen LogP contribution >= 0.6 is 0 Å². The summed E-state index contributed by atoms with van der Waals surface area (Å²) in [6, 6.07) is 13.8. The number of hydrogen-bond acceptors (Lipinski definition) is 4. The number of Topliss-reactive ketones (excluding diaryl/α,β-unsaturated/α-hetero) is 2. The van der Waals surface area contributed by atoms with E-state index in [0.29, 0.717) is 29.7 Å². The summed E-state index contributed by atoms with van der Waals surface area (Å²) in [4.78, 5) is 25.8. The monoisotopic (exact) mass is 416 g/mol. The fraction of sp³-hybridized carbons (Fsp3) is 0.346. The summed E-state index contributed by atoms with van der Waals surface area (Å²) in [6.07, 6.45) is 6.06. The van der Waals surface area contributed by atoms with Crippen molar-refractivity contribution in [1.82, 2.24) is 9.78 Å². The van der Waals surface area contributed by atoms with E-state index in [0.717, 1.165) is 29.5 Å². The third-order valence-corrected chi connectivity index (χ3v) is 5.96. The van der Waals surface area contributed by atoms with Gasteiger partial charge in [0.25, 0.3) is 0 Å². The highest BCUT2D eigenvalue weighted by Crippen LogP contribution is 2.45. The second-order valence-electron chi connectivity index (χ2n) is 8.23. The van der Waals surface area contributed by atoms with Gasteiger partial charge in [-0.05, 0) is 43.0 Å². The van der Waals surface area contributed by atoms with Gasteiger partial charge in [-0.15, -0.1) is 0 Å². The van der Waals surface area contributed by atoms with Crippen molar-refractivity contribution in [3.63, 3.8) is 0 Å². The third kappa shape index (κ3) is 4.31. The average Bonchev–Trinajstić information content (AvgIpc) is 3.34. The van der Waals surface area contributed by atoms with Crippen molar-refractivity contribution >= 4 is 11.6 Å². The maximum absolute atomic E-state index is 13.1. The SMILES string of the molecule is CCC(=O)c1cc(C(=O)CCCc2cnn(C)c2)cc2c1O[C@H](C)[C@H]2c1ccccc1. The molecule has 0 amide bonds. The van der Waals surface area contributed by atoms with Crippen LogP contribution in [0.25, 0.3) is 0 Å². The molecule has 5 heteroatoms. The zero-order valence-electron chi connectivity index (χ0n) is 18.3. The van der Waals surface area contributed by atoms with Crippen molar-refractivity contribution in [3.8, 4) is 5.75 Å². The van der Waals surface area contributed by atoms with E-state index in [1.165, 1.54) is 0 Å². The molecule has 1 aromatic heterocycles. The van der Waals surface area contributed by atoms with E-state index >= 15 is 0 Å². The summed E-state index contributed by atoms with van der Waals surface area (Å²) in [6.45, 7) is 3.86. The number of hydrogen-bond donors (Lipinski definition) is 0. The number of nitrogens with zero attached hydrogens (tertiary/aromatic N) is 2. The van der Waals surface area contributed by atoms with Gasteiger partial charge in [0.1, 0.15) is 11.9 Å². The van der Waals surface area contributed by atoms with Gasteiger partial charge in [-0.1, -0.05) is 37.3 Å². The molecule has 1 aliphatic rings. The van der Waals surface area contributed by atoms with Gasteiger partial charge in [0.2, 0.25) is 0 Å². The van der Waals surface area contributed by atoms with E-state index < -0.39 is 0 Å². The number of carbonyl (C=O) groups is 2. The Labute approximate surface area is 183 Å². The number of ketones is 2. The summed E-state index contributed by atoms with van der Waals surface area (Å²) in [5.41, 5.74) is 4.32. The highest BCUT2D eigenvalue weighted by atomic mass is 16.5. The summed E-state index contributed by atoms with van der Waals surface area (Å²) < 4.78 is 7.93. The van der Waals surface area contributed by atoms with Crippen LogP contribution in [0.2, 0.25) is 0 Å². The van der Waals surface area contributed by atoms with Crippen molar-refractivity contribution in [2.24, 2.45) is 7.05 Å². The molecule has 5 nitrogen and oxygen atoms in total. The molecule has 0 bridgehead atoms. The molecule has 1 aliphatic heterocycles. The van der Waals surface area contributed by atoms with Crippen LogP contribution in [0.1, 0.15) is 76.4 Å². The first-order chi connectivity index (χ1) is 15.0. The number of benzene rings is 2. The molecule has 0 aliphatic carbocycles. The van der Waals surface area contributed by atoms with E-state index in [-0.39, 0.29) is 23.6 Å². The Morgan fingerprint density at radius 3 is 2.58 bits per heavy atom. The number of carbonyl (C=O) groups excluding carboxylic acids is 2. The minimum Gasteiger partial charge on any atom is -0.489 e. The Morgan fingerprint density at radius 1 is 1.13 bits per heavy atom. The fourth-order valence-electron chi connectivity index (χ4n) is 4.39. The molecule has 2 atom stereocenters. The Hall–Kier alpha value is -3.21. The van der Waals surface area contributed by atoms with Gasteiger partial charge in [-0.3, -0.25) is 14.3 Å². The van der Waals surface area contributed by atoms with Crippen LogP contribution in [0.3, 0.4) is 0 Å². The molecule has 0 unspecified atom stereocenters. The third-order valence-electron chi connectivity index (χ3n) is 5.96. The first kappa shape index (κ1) is 21.0. The van der Waals surface area contributed by atoms with Crippen LogP contribution in [0.15, 0.2) is 54.9 Å². The molecule has 0 N–H and O–H groups in total. The summed E-state index contributed by atoms with van der Waals surface area (Å²) in [5.74, 6) is 0.702. The molecule has 4 rings (SSSR count). The predicted molar refractivity (Wildman–Crippen MR) is 120 cm³/mol. The highest BCUT2D eigenvalue weighted by Gasteiger charge is 2.36. The average molecular weight is 417 g/mol. The van der Waals surface area contributed by atoms with Crippen molar-refractivity contribution in [3.05, 3.63) is 82.7 Å². The Balaban J connectivity index is 1.63. The van der Waals surface area contributed by atoms with Gasteiger partial charge in [-0.25, -0.2) is 0 Å². The summed E-state index contributed by atoms with van der Waals surface area (Å²) >= 11 is 0. The Bertz CT molecular complexity index is 1100. The lowest BCUT2D eigenvalue weighted by Gasteiger charge is -2.15. The molecule has 0 saturated heterocycles.